The Morgan fingerprint density at radius 3 is 2.60 bits per heavy atom. The van der Waals surface area contributed by atoms with Crippen molar-refractivity contribution in [1.82, 2.24) is 19.2 Å². The topological polar surface area (TPSA) is 69.4 Å². The lowest BCUT2D eigenvalue weighted by atomic mass is 10.0. The molecule has 30 heavy (non-hydrogen) atoms. The molecule has 1 saturated heterocycles. The van der Waals surface area contributed by atoms with Crippen LogP contribution in [-0.4, -0.2) is 44.6 Å². The van der Waals surface area contributed by atoms with E-state index in [4.69, 9.17) is 0 Å². The van der Waals surface area contributed by atoms with E-state index < -0.39 is 29.7 Å². The summed E-state index contributed by atoms with van der Waals surface area (Å²) in [6, 6.07) is 2.37. The molecular formula is C19H20F4N4O3. The lowest BCUT2D eigenvalue weighted by Crippen LogP contribution is -2.41. The summed E-state index contributed by atoms with van der Waals surface area (Å²) in [4.78, 5) is 27.5. The van der Waals surface area contributed by atoms with E-state index in [1.165, 1.54) is 10.6 Å². The van der Waals surface area contributed by atoms with Gasteiger partial charge in [-0.25, -0.2) is 13.9 Å². The van der Waals surface area contributed by atoms with Crippen LogP contribution in [0.1, 0.15) is 43.1 Å². The summed E-state index contributed by atoms with van der Waals surface area (Å²) in [5.74, 6) is -1.74. The van der Waals surface area contributed by atoms with Gasteiger partial charge in [-0.05, 0) is 43.4 Å². The highest BCUT2D eigenvalue weighted by molar-refractivity contribution is 5.80. The molecule has 162 valence electrons. The third kappa shape index (κ3) is 4.05. The minimum atomic E-state index is -5.00. The molecule has 1 fully saturated rings. The number of likely N-dealkylation sites (tertiary alicyclic amines) is 1. The van der Waals surface area contributed by atoms with Crippen molar-refractivity contribution < 1.29 is 27.1 Å². The zero-order valence-electron chi connectivity index (χ0n) is 16.0. The molecular weight excluding hydrogens is 408 g/mol. The summed E-state index contributed by atoms with van der Waals surface area (Å²) in [6.45, 7) is 1.23. The molecule has 0 spiro atoms. The number of hydrogen-bond acceptors (Lipinski definition) is 4. The number of aromatic nitrogens is 3. The Hall–Kier alpha value is -2.85. The summed E-state index contributed by atoms with van der Waals surface area (Å²) in [7, 11) is 0. The minimum Gasteiger partial charge on any atom is -0.403 e. The van der Waals surface area contributed by atoms with Gasteiger partial charge in [0.1, 0.15) is 11.9 Å². The van der Waals surface area contributed by atoms with E-state index in [1.807, 2.05) is 0 Å². The van der Waals surface area contributed by atoms with Gasteiger partial charge in [0.25, 0.3) is 0 Å². The quantitative estimate of drug-likeness (QED) is 0.703. The molecule has 0 radical (unpaired) electrons. The molecule has 1 amide bonds. The van der Waals surface area contributed by atoms with E-state index in [1.54, 1.807) is 4.90 Å². The monoisotopic (exact) mass is 428 g/mol. The van der Waals surface area contributed by atoms with Crippen molar-refractivity contribution in [3.63, 3.8) is 0 Å². The number of rotatable bonds is 4. The van der Waals surface area contributed by atoms with Gasteiger partial charge < -0.3 is 9.64 Å². The maximum absolute atomic E-state index is 14.0. The Balaban J connectivity index is 1.58. The van der Waals surface area contributed by atoms with E-state index >= 15 is 0 Å². The van der Waals surface area contributed by atoms with E-state index in [-0.39, 0.29) is 18.0 Å². The second kappa shape index (κ2) is 7.77. The minimum absolute atomic E-state index is 0.0882. The molecule has 0 aliphatic carbocycles. The summed E-state index contributed by atoms with van der Waals surface area (Å²) >= 11 is 0. The number of amides is 1. The van der Waals surface area contributed by atoms with E-state index in [0.29, 0.717) is 31.8 Å². The molecule has 0 N–H and O–H groups in total. The fraction of sp³-hybridized carbons (Fsp3) is 0.526. The maximum atomic E-state index is 14.0. The lowest BCUT2D eigenvalue weighted by molar-refractivity contribution is -0.275. The van der Waals surface area contributed by atoms with Crippen LogP contribution in [-0.2, 0) is 17.8 Å². The van der Waals surface area contributed by atoms with Crippen LogP contribution in [0.5, 0.6) is 5.75 Å². The van der Waals surface area contributed by atoms with Gasteiger partial charge in [-0.2, -0.15) is 5.10 Å². The number of benzene rings is 1. The first-order valence-electron chi connectivity index (χ1n) is 9.74. The summed E-state index contributed by atoms with van der Waals surface area (Å²) in [5, 5.41) is 4.28. The molecule has 3 heterocycles. The van der Waals surface area contributed by atoms with Gasteiger partial charge in [0.2, 0.25) is 5.91 Å². The summed E-state index contributed by atoms with van der Waals surface area (Å²) < 4.78 is 57.0. The largest absolute Gasteiger partial charge is 0.573 e. The van der Waals surface area contributed by atoms with Crippen molar-refractivity contribution in [2.75, 3.05) is 13.1 Å². The number of alkyl halides is 3. The van der Waals surface area contributed by atoms with Crippen molar-refractivity contribution in [3.05, 3.63) is 45.9 Å². The smallest absolute Gasteiger partial charge is 0.403 e. The maximum Gasteiger partial charge on any atom is 0.573 e. The zero-order valence-corrected chi connectivity index (χ0v) is 16.0. The fourth-order valence-electron chi connectivity index (χ4n) is 4.04. The molecule has 0 bridgehead atoms. The van der Waals surface area contributed by atoms with Gasteiger partial charge in [0, 0.05) is 19.5 Å². The first-order chi connectivity index (χ1) is 14.2. The van der Waals surface area contributed by atoms with Crippen LogP contribution in [0.4, 0.5) is 17.6 Å². The SMILES string of the molecule is O=C(C1CCCc2nn(Cc3ccc(OC(F)(F)F)c(F)c3)c(=O)n21)N1CCCC1. The summed E-state index contributed by atoms with van der Waals surface area (Å²) in [5.41, 5.74) is -0.236. The Kier molecular flexibility index (Phi) is 5.29. The average Bonchev–Trinajstić information content (AvgIpc) is 3.31. The Morgan fingerprint density at radius 1 is 1.20 bits per heavy atom. The predicted molar refractivity (Wildman–Crippen MR) is 96.5 cm³/mol. The molecule has 11 heteroatoms. The van der Waals surface area contributed by atoms with Crippen molar-refractivity contribution in [2.24, 2.45) is 0 Å². The Labute approximate surface area is 168 Å². The van der Waals surface area contributed by atoms with Crippen LogP contribution in [0.15, 0.2) is 23.0 Å². The number of hydrogen-bond donors (Lipinski definition) is 0. The number of nitrogens with zero attached hydrogens (tertiary/aromatic N) is 4. The number of halogens is 4. The highest BCUT2D eigenvalue weighted by atomic mass is 19.4. The number of carbonyl (C=O) groups is 1. The number of ether oxygens (including phenoxy) is 1. The van der Waals surface area contributed by atoms with Gasteiger partial charge in [0.05, 0.1) is 6.54 Å². The molecule has 1 aromatic heterocycles. The third-order valence-corrected chi connectivity index (χ3v) is 5.39. The van der Waals surface area contributed by atoms with Gasteiger partial charge in [-0.1, -0.05) is 6.07 Å². The van der Waals surface area contributed by atoms with E-state index in [2.05, 4.69) is 9.84 Å². The van der Waals surface area contributed by atoms with Crippen molar-refractivity contribution in [1.29, 1.82) is 0 Å². The van der Waals surface area contributed by atoms with E-state index in [9.17, 15) is 27.2 Å². The Bertz CT molecular complexity index is 1010. The van der Waals surface area contributed by atoms with Gasteiger partial charge in [-0.3, -0.25) is 9.36 Å². The standard InChI is InChI=1S/C19H20F4N4O3/c20-13-10-12(6-7-15(13)30-19(21,22)23)11-26-18(29)27-14(4-3-5-16(27)24-26)17(28)25-8-1-2-9-25/h6-7,10,14H,1-5,8-9,11H2. The molecule has 2 aromatic rings. The first kappa shape index (κ1) is 20.4. The second-order valence-corrected chi connectivity index (χ2v) is 7.48. The molecule has 7 nitrogen and oxygen atoms in total. The van der Waals surface area contributed by atoms with Crippen LogP contribution >= 0.6 is 0 Å². The van der Waals surface area contributed by atoms with Crippen molar-refractivity contribution in [2.45, 2.75) is 51.1 Å². The van der Waals surface area contributed by atoms with Crippen LogP contribution in [0.2, 0.25) is 0 Å². The van der Waals surface area contributed by atoms with Crippen LogP contribution < -0.4 is 10.4 Å². The second-order valence-electron chi connectivity index (χ2n) is 7.48. The zero-order chi connectivity index (χ0) is 21.5. The van der Waals surface area contributed by atoms with Gasteiger partial charge in [-0.15, -0.1) is 13.2 Å². The number of aryl methyl sites for hydroxylation is 1. The van der Waals surface area contributed by atoms with Crippen LogP contribution in [0.3, 0.4) is 0 Å². The lowest BCUT2D eigenvalue weighted by Gasteiger charge is -2.27. The molecule has 2 aliphatic heterocycles. The normalized spacial score (nSPS) is 19.1. The van der Waals surface area contributed by atoms with Crippen molar-refractivity contribution >= 4 is 5.91 Å². The molecule has 1 unspecified atom stereocenters. The third-order valence-electron chi connectivity index (χ3n) is 5.39. The highest BCUT2D eigenvalue weighted by Gasteiger charge is 2.34. The van der Waals surface area contributed by atoms with Gasteiger partial charge in [0.15, 0.2) is 11.6 Å². The molecule has 4 rings (SSSR count). The highest BCUT2D eigenvalue weighted by Crippen LogP contribution is 2.27. The average molecular weight is 428 g/mol. The van der Waals surface area contributed by atoms with E-state index in [0.717, 1.165) is 36.1 Å². The molecule has 2 aliphatic rings. The predicted octanol–water partition coefficient (Wildman–Crippen LogP) is 2.63. The Morgan fingerprint density at radius 2 is 1.93 bits per heavy atom. The molecule has 0 saturated carbocycles. The number of carbonyl (C=O) groups excluding carboxylic acids is 1. The van der Waals surface area contributed by atoms with Crippen LogP contribution in [0, 0.1) is 5.82 Å². The number of fused-ring (bicyclic) bond motifs is 1. The summed E-state index contributed by atoms with van der Waals surface area (Å²) in [6.07, 6.45) is -1.30. The fourth-order valence-corrected chi connectivity index (χ4v) is 4.04. The van der Waals surface area contributed by atoms with Crippen molar-refractivity contribution in [3.8, 4) is 5.75 Å². The molecule has 1 aromatic carbocycles. The van der Waals surface area contributed by atoms with Crippen LogP contribution in [0.25, 0.3) is 0 Å². The first-order valence-corrected chi connectivity index (χ1v) is 9.74. The molecule has 1 atom stereocenters. The van der Waals surface area contributed by atoms with Gasteiger partial charge >= 0.3 is 12.1 Å².